The van der Waals surface area contributed by atoms with Crippen molar-refractivity contribution >= 4 is 51.2 Å². The van der Waals surface area contributed by atoms with Crippen LogP contribution in [0.25, 0.3) is 22.9 Å². The Labute approximate surface area is 162 Å². The van der Waals surface area contributed by atoms with E-state index in [1.807, 2.05) is 6.07 Å². The third-order valence-corrected chi connectivity index (χ3v) is 5.09. The summed E-state index contributed by atoms with van der Waals surface area (Å²) in [5, 5.41) is 22.0. The normalized spacial score (nSPS) is 11.2. The van der Waals surface area contributed by atoms with Crippen LogP contribution in [0.1, 0.15) is 10.6 Å². The molecule has 8 heteroatoms. The molecule has 0 fully saturated rings. The predicted molar refractivity (Wildman–Crippen MR) is 104 cm³/mol. The number of halogens is 2. The van der Waals surface area contributed by atoms with Gasteiger partial charge < -0.3 is 0 Å². The van der Waals surface area contributed by atoms with Gasteiger partial charge in [-0.3, -0.25) is 10.1 Å². The Kier molecular flexibility index (Phi) is 5.33. The van der Waals surface area contributed by atoms with Crippen molar-refractivity contribution in [1.82, 2.24) is 4.98 Å². The highest BCUT2D eigenvalue weighted by Crippen LogP contribution is 2.38. The SMILES string of the molecule is N#C/C(=C\c1ccccc1Cl)c1nc(-c2ccc(Cl)cc2)c([N+](=O)[O-])s1. The van der Waals surface area contributed by atoms with Crippen molar-refractivity contribution in [2.45, 2.75) is 0 Å². The Balaban J connectivity index is 2.12. The molecule has 1 heterocycles. The number of nitro groups is 1. The second kappa shape index (κ2) is 7.67. The van der Waals surface area contributed by atoms with E-state index in [4.69, 9.17) is 23.2 Å². The lowest BCUT2D eigenvalue weighted by Gasteiger charge is -1.98. The molecule has 0 aliphatic carbocycles. The average molecular weight is 402 g/mol. The van der Waals surface area contributed by atoms with Crippen molar-refractivity contribution < 1.29 is 4.92 Å². The van der Waals surface area contributed by atoms with E-state index in [0.29, 0.717) is 21.2 Å². The first-order chi connectivity index (χ1) is 12.5. The first-order valence-corrected chi connectivity index (χ1v) is 8.84. The standard InChI is InChI=1S/C18H9Cl2N3O2S/c19-14-7-5-11(6-8-14)16-18(23(24)25)26-17(22-16)13(10-21)9-12-3-1-2-4-15(12)20/h1-9H/b13-9+. The zero-order chi connectivity index (χ0) is 18.7. The first kappa shape index (κ1) is 18.1. The monoisotopic (exact) mass is 401 g/mol. The van der Waals surface area contributed by atoms with E-state index in [1.54, 1.807) is 54.6 Å². The van der Waals surface area contributed by atoms with Crippen LogP contribution in [0.15, 0.2) is 48.5 Å². The van der Waals surface area contributed by atoms with Gasteiger partial charge >= 0.3 is 5.00 Å². The molecule has 0 saturated carbocycles. The molecular weight excluding hydrogens is 393 g/mol. The number of nitrogens with zero attached hydrogens (tertiary/aromatic N) is 3. The van der Waals surface area contributed by atoms with Gasteiger partial charge in [-0.25, -0.2) is 4.98 Å². The Morgan fingerprint density at radius 2 is 1.88 bits per heavy atom. The minimum absolute atomic E-state index is 0.136. The van der Waals surface area contributed by atoms with Crippen LogP contribution in [0.2, 0.25) is 10.0 Å². The van der Waals surface area contributed by atoms with Crippen LogP contribution < -0.4 is 0 Å². The fourth-order valence-electron chi connectivity index (χ4n) is 2.24. The molecular formula is C18H9Cl2N3O2S. The molecule has 128 valence electrons. The van der Waals surface area contributed by atoms with Crippen molar-refractivity contribution in [3.63, 3.8) is 0 Å². The zero-order valence-electron chi connectivity index (χ0n) is 13.0. The van der Waals surface area contributed by atoms with Crippen LogP contribution in [0.4, 0.5) is 5.00 Å². The summed E-state index contributed by atoms with van der Waals surface area (Å²) < 4.78 is 0. The fourth-order valence-corrected chi connectivity index (χ4v) is 3.42. The van der Waals surface area contributed by atoms with Gasteiger partial charge in [0.15, 0.2) is 5.69 Å². The number of benzene rings is 2. The van der Waals surface area contributed by atoms with Gasteiger partial charge in [0, 0.05) is 15.6 Å². The number of hydrogen-bond acceptors (Lipinski definition) is 5. The summed E-state index contributed by atoms with van der Waals surface area (Å²) in [6.45, 7) is 0. The second-order valence-corrected chi connectivity index (χ2v) is 6.95. The summed E-state index contributed by atoms with van der Waals surface area (Å²) in [4.78, 5) is 15.2. The van der Waals surface area contributed by atoms with E-state index in [2.05, 4.69) is 4.98 Å². The molecule has 0 amide bonds. The number of rotatable bonds is 4. The molecule has 0 bridgehead atoms. The highest BCUT2D eigenvalue weighted by molar-refractivity contribution is 7.16. The molecule has 0 spiro atoms. The van der Waals surface area contributed by atoms with Crippen molar-refractivity contribution in [2.24, 2.45) is 0 Å². The van der Waals surface area contributed by atoms with E-state index in [0.717, 1.165) is 11.3 Å². The van der Waals surface area contributed by atoms with Crippen LogP contribution in [0.5, 0.6) is 0 Å². The van der Waals surface area contributed by atoms with E-state index in [-0.39, 0.29) is 21.3 Å². The minimum atomic E-state index is -0.504. The fraction of sp³-hybridized carbons (Fsp3) is 0. The van der Waals surface area contributed by atoms with E-state index < -0.39 is 4.92 Å². The van der Waals surface area contributed by atoms with Crippen LogP contribution in [-0.2, 0) is 0 Å². The molecule has 3 aromatic rings. The Bertz CT molecular complexity index is 1050. The molecule has 0 aliphatic heterocycles. The smallest absolute Gasteiger partial charge is 0.257 e. The molecule has 0 unspecified atom stereocenters. The highest BCUT2D eigenvalue weighted by Gasteiger charge is 2.24. The van der Waals surface area contributed by atoms with E-state index >= 15 is 0 Å². The van der Waals surface area contributed by atoms with Gasteiger partial charge in [0.05, 0.1) is 10.5 Å². The second-order valence-electron chi connectivity index (χ2n) is 5.13. The molecule has 0 atom stereocenters. The number of aromatic nitrogens is 1. The maximum atomic E-state index is 11.4. The first-order valence-electron chi connectivity index (χ1n) is 7.27. The lowest BCUT2D eigenvalue weighted by Crippen LogP contribution is -1.88. The van der Waals surface area contributed by atoms with Crippen LogP contribution in [0, 0.1) is 21.4 Å². The average Bonchev–Trinajstić information content (AvgIpc) is 3.07. The largest absolute Gasteiger partial charge is 0.352 e. The van der Waals surface area contributed by atoms with E-state index in [9.17, 15) is 15.4 Å². The Morgan fingerprint density at radius 3 is 2.50 bits per heavy atom. The van der Waals surface area contributed by atoms with Gasteiger partial charge in [0.1, 0.15) is 11.1 Å². The van der Waals surface area contributed by atoms with Crippen molar-refractivity contribution in [3.05, 3.63) is 79.3 Å². The van der Waals surface area contributed by atoms with Crippen LogP contribution in [0.3, 0.4) is 0 Å². The number of nitriles is 1. The predicted octanol–water partition coefficient (Wildman–Crippen LogP) is 6.09. The van der Waals surface area contributed by atoms with Crippen molar-refractivity contribution in [1.29, 1.82) is 5.26 Å². The molecule has 3 rings (SSSR count). The topological polar surface area (TPSA) is 79.8 Å². The van der Waals surface area contributed by atoms with Crippen molar-refractivity contribution in [3.8, 4) is 17.3 Å². The summed E-state index contributed by atoms with van der Waals surface area (Å²) in [6, 6.07) is 15.6. The maximum absolute atomic E-state index is 11.4. The lowest BCUT2D eigenvalue weighted by molar-refractivity contribution is -0.379. The van der Waals surface area contributed by atoms with Gasteiger partial charge in [-0.05, 0) is 41.2 Å². The lowest BCUT2D eigenvalue weighted by atomic mass is 10.1. The number of thiazole rings is 1. The van der Waals surface area contributed by atoms with Gasteiger partial charge in [-0.1, -0.05) is 53.5 Å². The molecule has 26 heavy (non-hydrogen) atoms. The summed E-state index contributed by atoms with van der Waals surface area (Å²) in [5.74, 6) is 0. The molecule has 5 nitrogen and oxygen atoms in total. The van der Waals surface area contributed by atoms with E-state index in [1.165, 1.54) is 0 Å². The van der Waals surface area contributed by atoms with Gasteiger partial charge in [-0.2, -0.15) is 5.26 Å². The Hall–Kier alpha value is -2.72. The molecule has 0 saturated heterocycles. The molecule has 1 aromatic heterocycles. The van der Waals surface area contributed by atoms with Gasteiger partial charge in [0.25, 0.3) is 0 Å². The summed E-state index contributed by atoms with van der Waals surface area (Å²) >= 11 is 12.8. The number of hydrogen-bond donors (Lipinski definition) is 0. The molecule has 0 radical (unpaired) electrons. The third kappa shape index (κ3) is 3.75. The third-order valence-electron chi connectivity index (χ3n) is 3.45. The molecule has 0 aliphatic rings. The maximum Gasteiger partial charge on any atom is 0.352 e. The molecule has 0 N–H and O–H groups in total. The summed E-state index contributed by atoms with van der Waals surface area (Å²) in [7, 11) is 0. The van der Waals surface area contributed by atoms with Crippen LogP contribution >= 0.6 is 34.5 Å². The van der Waals surface area contributed by atoms with Gasteiger partial charge in [0.2, 0.25) is 0 Å². The Morgan fingerprint density at radius 1 is 1.19 bits per heavy atom. The minimum Gasteiger partial charge on any atom is -0.257 e. The van der Waals surface area contributed by atoms with Gasteiger partial charge in [-0.15, -0.1) is 0 Å². The quantitative estimate of drug-likeness (QED) is 0.301. The highest BCUT2D eigenvalue weighted by atomic mass is 35.5. The van der Waals surface area contributed by atoms with Crippen molar-refractivity contribution in [2.75, 3.05) is 0 Å². The number of allylic oxidation sites excluding steroid dienone is 1. The van der Waals surface area contributed by atoms with Crippen LogP contribution in [-0.4, -0.2) is 9.91 Å². The zero-order valence-corrected chi connectivity index (χ0v) is 15.3. The molecule has 2 aromatic carbocycles. The summed E-state index contributed by atoms with van der Waals surface area (Å²) in [5.41, 5.74) is 1.59. The summed E-state index contributed by atoms with van der Waals surface area (Å²) in [6.07, 6.45) is 1.57.